The van der Waals surface area contributed by atoms with Crippen LogP contribution in [0.15, 0.2) is 0 Å². The zero-order valence-corrected chi connectivity index (χ0v) is 12.2. The van der Waals surface area contributed by atoms with Crippen molar-refractivity contribution in [3.63, 3.8) is 0 Å². The van der Waals surface area contributed by atoms with E-state index in [-0.39, 0.29) is 5.60 Å². The van der Waals surface area contributed by atoms with Crippen LogP contribution in [0, 0.1) is 5.92 Å². The van der Waals surface area contributed by atoms with Crippen molar-refractivity contribution in [2.24, 2.45) is 5.92 Å². The number of hydrogen-bond acceptors (Lipinski definition) is 2. The molecule has 1 aliphatic rings. The first kappa shape index (κ1) is 15.0. The van der Waals surface area contributed by atoms with Crippen molar-refractivity contribution in [1.82, 2.24) is 5.32 Å². The topological polar surface area (TPSA) is 21.3 Å². The Kier molecular flexibility index (Phi) is 6.50. The van der Waals surface area contributed by atoms with Crippen molar-refractivity contribution in [2.45, 2.75) is 77.4 Å². The highest BCUT2D eigenvalue weighted by molar-refractivity contribution is 4.96. The van der Waals surface area contributed by atoms with Crippen molar-refractivity contribution in [1.29, 1.82) is 0 Å². The van der Waals surface area contributed by atoms with E-state index in [0.29, 0.717) is 6.04 Å². The molecule has 0 aromatic rings. The molecule has 1 saturated carbocycles. The van der Waals surface area contributed by atoms with Crippen LogP contribution in [-0.4, -0.2) is 25.3 Å². The van der Waals surface area contributed by atoms with E-state index >= 15 is 0 Å². The molecule has 0 aromatic carbocycles. The highest BCUT2D eigenvalue weighted by Gasteiger charge is 2.40. The Hall–Kier alpha value is -0.0800. The van der Waals surface area contributed by atoms with Crippen LogP contribution in [0.25, 0.3) is 0 Å². The third-order valence-corrected chi connectivity index (χ3v) is 4.14. The third-order valence-electron chi connectivity index (χ3n) is 4.14. The fourth-order valence-electron chi connectivity index (χ4n) is 3.25. The molecule has 1 aliphatic carbocycles. The summed E-state index contributed by atoms with van der Waals surface area (Å²) >= 11 is 0. The fraction of sp³-hybridized carbons (Fsp3) is 1.00. The molecule has 0 saturated heterocycles. The SMILES string of the molecule is CCOC1(C(CCCC(C)C)NC)CCCC1. The van der Waals surface area contributed by atoms with E-state index in [4.69, 9.17) is 4.74 Å². The maximum Gasteiger partial charge on any atom is 0.0834 e. The zero-order chi connectivity index (χ0) is 12.7. The molecule has 1 rings (SSSR count). The molecule has 102 valence electrons. The van der Waals surface area contributed by atoms with Crippen LogP contribution in [0.2, 0.25) is 0 Å². The summed E-state index contributed by atoms with van der Waals surface area (Å²) in [6, 6.07) is 0.545. The Labute approximate surface area is 108 Å². The van der Waals surface area contributed by atoms with E-state index in [1.54, 1.807) is 0 Å². The molecule has 0 amide bonds. The van der Waals surface area contributed by atoms with Gasteiger partial charge in [0.25, 0.3) is 0 Å². The van der Waals surface area contributed by atoms with Crippen molar-refractivity contribution in [3.8, 4) is 0 Å². The Morgan fingerprint density at radius 2 is 1.82 bits per heavy atom. The molecule has 2 nitrogen and oxygen atoms in total. The predicted molar refractivity (Wildman–Crippen MR) is 74.4 cm³/mol. The highest BCUT2D eigenvalue weighted by Crippen LogP contribution is 2.37. The molecule has 1 fully saturated rings. The van der Waals surface area contributed by atoms with Gasteiger partial charge in [0, 0.05) is 12.6 Å². The normalized spacial score (nSPS) is 21.0. The van der Waals surface area contributed by atoms with Crippen LogP contribution in [0.3, 0.4) is 0 Å². The van der Waals surface area contributed by atoms with E-state index in [1.807, 2.05) is 0 Å². The molecular formula is C15H31NO. The van der Waals surface area contributed by atoms with Gasteiger partial charge in [-0.25, -0.2) is 0 Å². The molecule has 17 heavy (non-hydrogen) atoms. The Morgan fingerprint density at radius 3 is 2.29 bits per heavy atom. The third kappa shape index (κ3) is 4.26. The maximum absolute atomic E-state index is 6.14. The monoisotopic (exact) mass is 241 g/mol. The molecule has 1 N–H and O–H groups in total. The van der Waals surface area contributed by atoms with E-state index in [2.05, 4.69) is 33.1 Å². The summed E-state index contributed by atoms with van der Waals surface area (Å²) in [5, 5.41) is 3.52. The molecule has 1 atom stereocenters. The quantitative estimate of drug-likeness (QED) is 0.699. The molecule has 0 bridgehead atoms. The van der Waals surface area contributed by atoms with Gasteiger partial charge in [0.1, 0.15) is 0 Å². The van der Waals surface area contributed by atoms with E-state index in [9.17, 15) is 0 Å². The number of likely N-dealkylation sites (N-methyl/N-ethyl adjacent to an activating group) is 1. The van der Waals surface area contributed by atoms with Crippen LogP contribution in [0.4, 0.5) is 0 Å². The van der Waals surface area contributed by atoms with Gasteiger partial charge in [-0.05, 0) is 39.2 Å². The van der Waals surface area contributed by atoms with Crippen molar-refractivity contribution in [3.05, 3.63) is 0 Å². The zero-order valence-electron chi connectivity index (χ0n) is 12.2. The molecule has 0 radical (unpaired) electrons. The van der Waals surface area contributed by atoms with E-state index in [0.717, 1.165) is 12.5 Å². The molecule has 1 unspecified atom stereocenters. The van der Waals surface area contributed by atoms with Gasteiger partial charge in [0.2, 0.25) is 0 Å². The van der Waals surface area contributed by atoms with E-state index in [1.165, 1.54) is 44.9 Å². The lowest BCUT2D eigenvalue weighted by atomic mass is 9.87. The average molecular weight is 241 g/mol. The maximum atomic E-state index is 6.14. The van der Waals surface area contributed by atoms with Crippen LogP contribution in [-0.2, 0) is 4.74 Å². The first-order valence-electron chi connectivity index (χ1n) is 7.46. The summed E-state index contributed by atoms with van der Waals surface area (Å²) in [7, 11) is 2.10. The first-order valence-corrected chi connectivity index (χ1v) is 7.46. The largest absolute Gasteiger partial charge is 0.374 e. The second-order valence-corrected chi connectivity index (χ2v) is 5.87. The highest BCUT2D eigenvalue weighted by atomic mass is 16.5. The number of ether oxygens (including phenoxy) is 1. The van der Waals surface area contributed by atoms with Gasteiger partial charge in [-0.2, -0.15) is 0 Å². The minimum absolute atomic E-state index is 0.139. The number of rotatable bonds is 8. The van der Waals surface area contributed by atoms with Crippen LogP contribution in [0.1, 0.15) is 65.7 Å². The van der Waals surface area contributed by atoms with E-state index < -0.39 is 0 Å². The second-order valence-electron chi connectivity index (χ2n) is 5.87. The summed E-state index contributed by atoms with van der Waals surface area (Å²) in [6.07, 6.45) is 9.07. The molecule has 2 heteroatoms. The summed E-state index contributed by atoms with van der Waals surface area (Å²) in [5.41, 5.74) is 0.139. The summed E-state index contributed by atoms with van der Waals surface area (Å²) in [4.78, 5) is 0. The van der Waals surface area contributed by atoms with Crippen molar-refractivity contribution >= 4 is 0 Å². The summed E-state index contributed by atoms with van der Waals surface area (Å²) in [6.45, 7) is 7.59. The van der Waals surface area contributed by atoms with Gasteiger partial charge in [0.05, 0.1) is 5.60 Å². The van der Waals surface area contributed by atoms with Gasteiger partial charge in [0.15, 0.2) is 0 Å². The first-order chi connectivity index (χ1) is 8.14. The fourth-order valence-corrected chi connectivity index (χ4v) is 3.25. The smallest absolute Gasteiger partial charge is 0.0834 e. The number of nitrogens with one attached hydrogen (secondary N) is 1. The summed E-state index contributed by atoms with van der Waals surface area (Å²) in [5.74, 6) is 0.819. The van der Waals surface area contributed by atoms with Gasteiger partial charge in [-0.15, -0.1) is 0 Å². The van der Waals surface area contributed by atoms with Crippen LogP contribution in [0.5, 0.6) is 0 Å². The molecule has 0 heterocycles. The molecular weight excluding hydrogens is 210 g/mol. The van der Waals surface area contributed by atoms with Gasteiger partial charge in [-0.1, -0.05) is 39.5 Å². The molecule has 0 spiro atoms. The minimum atomic E-state index is 0.139. The molecule has 0 aromatic heterocycles. The second kappa shape index (κ2) is 7.38. The number of hydrogen-bond donors (Lipinski definition) is 1. The van der Waals surface area contributed by atoms with Crippen molar-refractivity contribution < 1.29 is 4.74 Å². The molecule has 0 aliphatic heterocycles. The van der Waals surface area contributed by atoms with Gasteiger partial charge in [-0.3, -0.25) is 0 Å². The summed E-state index contributed by atoms with van der Waals surface area (Å²) < 4.78 is 6.14. The van der Waals surface area contributed by atoms with Crippen LogP contribution < -0.4 is 5.32 Å². The Morgan fingerprint density at radius 1 is 1.18 bits per heavy atom. The van der Waals surface area contributed by atoms with Gasteiger partial charge < -0.3 is 10.1 Å². The Balaban J connectivity index is 2.50. The van der Waals surface area contributed by atoms with Crippen LogP contribution >= 0.6 is 0 Å². The predicted octanol–water partition coefficient (Wildman–Crippen LogP) is 3.75. The Bertz CT molecular complexity index is 197. The minimum Gasteiger partial charge on any atom is -0.374 e. The lowest BCUT2D eigenvalue weighted by Crippen LogP contribution is -2.49. The standard InChI is InChI=1S/C15H31NO/c1-5-17-15(11-6-7-12-15)14(16-4)10-8-9-13(2)3/h13-14,16H,5-12H2,1-4H3. The average Bonchev–Trinajstić information content (AvgIpc) is 2.74. The van der Waals surface area contributed by atoms with Gasteiger partial charge >= 0.3 is 0 Å². The lowest BCUT2D eigenvalue weighted by molar-refractivity contribution is -0.0621. The lowest BCUT2D eigenvalue weighted by Gasteiger charge is -2.37. The van der Waals surface area contributed by atoms with Crippen molar-refractivity contribution in [2.75, 3.05) is 13.7 Å².